The van der Waals surface area contributed by atoms with Crippen molar-refractivity contribution in [2.75, 3.05) is 0 Å². The minimum absolute atomic E-state index is 0.0130. The van der Waals surface area contributed by atoms with Crippen molar-refractivity contribution in [1.82, 2.24) is 0 Å². The van der Waals surface area contributed by atoms with Crippen LogP contribution in [0.15, 0.2) is 11.6 Å². The molecule has 0 aromatic carbocycles. The van der Waals surface area contributed by atoms with Crippen LogP contribution in [0.3, 0.4) is 0 Å². The van der Waals surface area contributed by atoms with Gasteiger partial charge in [-0.05, 0) is 90.3 Å². The minimum Gasteiger partial charge on any atom is -0.393 e. The van der Waals surface area contributed by atoms with E-state index < -0.39 is 6.10 Å². The first-order valence-electron chi connectivity index (χ1n) is 13.9. The number of Topliss-reactive ketones (excluding diaryl/α,β-unsaturated/α-hetero) is 1. The third-order valence-electron chi connectivity index (χ3n) is 12.5. The molecule has 4 fully saturated rings. The highest BCUT2D eigenvalue weighted by molar-refractivity contribution is 5.85. The SMILES string of the molecule is CC(C)[C@@H](C)[C@@]1(C)C[C@@H]1[C@@H](C)[C@H]1CC[C@H]2[C@@H]3[C@H](O)C=C4C[C@@H](O)CC[C@]4(C)[C@H]3C(=O)C[C@]12C. The molecule has 3 nitrogen and oxygen atoms in total. The summed E-state index contributed by atoms with van der Waals surface area (Å²) in [6.07, 6.45) is 7.85. The highest BCUT2D eigenvalue weighted by Crippen LogP contribution is 2.70. The number of hydrogen-bond acceptors (Lipinski definition) is 3. The Bertz CT molecular complexity index is 845. The Morgan fingerprint density at radius 3 is 2.36 bits per heavy atom. The van der Waals surface area contributed by atoms with Crippen LogP contribution in [0.1, 0.15) is 93.4 Å². The summed E-state index contributed by atoms with van der Waals surface area (Å²) < 4.78 is 0. The van der Waals surface area contributed by atoms with E-state index in [4.69, 9.17) is 0 Å². The maximum atomic E-state index is 13.9. The van der Waals surface area contributed by atoms with Crippen molar-refractivity contribution in [3.8, 4) is 0 Å². The van der Waals surface area contributed by atoms with Crippen LogP contribution in [0.25, 0.3) is 0 Å². The summed E-state index contributed by atoms with van der Waals surface area (Å²) in [6.45, 7) is 16.8. The van der Waals surface area contributed by atoms with Gasteiger partial charge in [-0.25, -0.2) is 0 Å². The molecule has 2 N–H and O–H groups in total. The molecule has 12 atom stereocenters. The fraction of sp³-hybridized carbons (Fsp3) is 0.900. The zero-order chi connectivity index (χ0) is 24.1. The summed E-state index contributed by atoms with van der Waals surface area (Å²) in [5, 5.41) is 21.6. The molecule has 0 aromatic heterocycles. The molecule has 5 aliphatic rings. The number of fused-ring (bicyclic) bond motifs is 5. The molecular weight excluding hydrogens is 408 g/mol. The van der Waals surface area contributed by atoms with Crippen LogP contribution in [0.4, 0.5) is 0 Å². The maximum absolute atomic E-state index is 13.9. The molecule has 0 bridgehead atoms. The smallest absolute Gasteiger partial charge is 0.137 e. The normalized spacial score (nSPS) is 53.1. The summed E-state index contributed by atoms with van der Waals surface area (Å²) in [7, 11) is 0. The summed E-state index contributed by atoms with van der Waals surface area (Å²) in [4.78, 5) is 13.9. The highest BCUT2D eigenvalue weighted by Gasteiger charge is 2.66. The van der Waals surface area contributed by atoms with Gasteiger partial charge in [0.2, 0.25) is 0 Å². The van der Waals surface area contributed by atoms with Gasteiger partial charge >= 0.3 is 0 Å². The maximum Gasteiger partial charge on any atom is 0.137 e. The van der Waals surface area contributed by atoms with Gasteiger partial charge in [-0.2, -0.15) is 0 Å². The van der Waals surface area contributed by atoms with Gasteiger partial charge in [0.1, 0.15) is 5.78 Å². The highest BCUT2D eigenvalue weighted by atomic mass is 16.3. The van der Waals surface area contributed by atoms with E-state index >= 15 is 0 Å². The van der Waals surface area contributed by atoms with Gasteiger partial charge in [0, 0.05) is 18.3 Å². The zero-order valence-corrected chi connectivity index (χ0v) is 22.1. The first-order chi connectivity index (χ1) is 15.3. The van der Waals surface area contributed by atoms with Crippen LogP contribution in [-0.2, 0) is 4.79 Å². The summed E-state index contributed by atoms with van der Waals surface area (Å²) in [5.74, 6) is 4.24. The molecule has 0 aromatic rings. The molecule has 5 rings (SSSR count). The van der Waals surface area contributed by atoms with Crippen LogP contribution in [-0.4, -0.2) is 28.2 Å². The third-order valence-corrected chi connectivity index (χ3v) is 12.5. The van der Waals surface area contributed by atoms with Gasteiger partial charge in [-0.3, -0.25) is 4.79 Å². The van der Waals surface area contributed by atoms with Crippen molar-refractivity contribution in [3.05, 3.63) is 11.6 Å². The molecule has 3 heteroatoms. The topological polar surface area (TPSA) is 57.5 Å². The lowest BCUT2D eigenvalue weighted by Gasteiger charge is -2.58. The molecule has 0 spiro atoms. The van der Waals surface area contributed by atoms with E-state index in [9.17, 15) is 15.0 Å². The van der Waals surface area contributed by atoms with Crippen molar-refractivity contribution in [3.63, 3.8) is 0 Å². The number of aliphatic hydroxyl groups excluding tert-OH is 2. The molecule has 33 heavy (non-hydrogen) atoms. The molecule has 0 unspecified atom stereocenters. The number of aliphatic hydroxyl groups is 2. The van der Waals surface area contributed by atoms with Gasteiger partial charge in [0.15, 0.2) is 0 Å². The Labute approximate surface area is 201 Å². The zero-order valence-electron chi connectivity index (χ0n) is 22.1. The van der Waals surface area contributed by atoms with Crippen LogP contribution in [0.2, 0.25) is 0 Å². The Hall–Kier alpha value is -0.670. The second kappa shape index (κ2) is 7.66. The van der Waals surface area contributed by atoms with Gasteiger partial charge in [-0.15, -0.1) is 0 Å². The van der Waals surface area contributed by atoms with E-state index in [1.165, 1.54) is 12.8 Å². The van der Waals surface area contributed by atoms with E-state index in [1.54, 1.807) is 0 Å². The molecular formula is C30H48O3. The Kier molecular flexibility index (Phi) is 5.58. The fourth-order valence-electron chi connectivity index (χ4n) is 10.1. The third kappa shape index (κ3) is 3.30. The molecule has 0 radical (unpaired) electrons. The van der Waals surface area contributed by atoms with E-state index in [-0.39, 0.29) is 28.8 Å². The first kappa shape index (κ1) is 24.0. The molecule has 5 aliphatic carbocycles. The van der Waals surface area contributed by atoms with Crippen LogP contribution in [0, 0.1) is 63.6 Å². The van der Waals surface area contributed by atoms with E-state index in [0.29, 0.717) is 47.7 Å². The Morgan fingerprint density at radius 2 is 1.70 bits per heavy atom. The van der Waals surface area contributed by atoms with Crippen LogP contribution < -0.4 is 0 Å². The predicted molar refractivity (Wildman–Crippen MR) is 132 cm³/mol. The average Bonchev–Trinajstić information content (AvgIpc) is 3.31. The fourth-order valence-corrected chi connectivity index (χ4v) is 10.1. The molecule has 0 saturated heterocycles. The van der Waals surface area contributed by atoms with Crippen molar-refractivity contribution in [2.45, 2.75) is 106 Å². The minimum atomic E-state index is -0.543. The van der Waals surface area contributed by atoms with Crippen LogP contribution >= 0.6 is 0 Å². The molecule has 4 saturated carbocycles. The monoisotopic (exact) mass is 456 g/mol. The number of hydrogen-bond donors (Lipinski definition) is 2. The standard InChI is InChI=1S/C30H48O3/c1-16(2)18(4)29(6)14-23(29)17(3)21-8-9-22-26-24(32)13-19-12-20(31)10-11-28(19,5)27(26)25(33)15-30(21,22)7/h13,16-18,20-24,26-27,31-32H,8-12,14-15H2,1-7H3/t17-,18+,20-,21+,22-,23+,24+,26+,27-,28-,29+,30+/m0/s1. The quantitative estimate of drug-likeness (QED) is 0.508. The lowest BCUT2D eigenvalue weighted by atomic mass is 9.46. The lowest BCUT2D eigenvalue weighted by molar-refractivity contribution is -0.153. The summed E-state index contributed by atoms with van der Waals surface area (Å²) in [6, 6.07) is 0. The number of carbonyl (C=O) groups excluding carboxylic acids is 1. The predicted octanol–water partition coefficient (Wildman–Crippen LogP) is 6.03. The largest absolute Gasteiger partial charge is 0.393 e. The second-order valence-electron chi connectivity index (χ2n) is 14.2. The van der Waals surface area contributed by atoms with Crippen molar-refractivity contribution in [2.24, 2.45) is 63.6 Å². The lowest BCUT2D eigenvalue weighted by Crippen LogP contribution is -2.58. The molecule has 0 heterocycles. The van der Waals surface area contributed by atoms with E-state index in [2.05, 4.69) is 54.5 Å². The summed E-state index contributed by atoms with van der Waals surface area (Å²) >= 11 is 0. The van der Waals surface area contributed by atoms with Gasteiger partial charge in [0.25, 0.3) is 0 Å². The Balaban J connectivity index is 1.43. The summed E-state index contributed by atoms with van der Waals surface area (Å²) in [5.41, 5.74) is 1.43. The van der Waals surface area contributed by atoms with Gasteiger partial charge in [-0.1, -0.05) is 60.1 Å². The number of carbonyl (C=O) groups is 1. The second-order valence-corrected chi connectivity index (χ2v) is 14.2. The first-order valence-corrected chi connectivity index (χ1v) is 13.9. The number of rotatable bonds is 4. The Morgan fingerprint density at radius 1 is 1.00 bits per heavy atom. The average molecular weight is 457 g/mol. The van der Waals surface area contributed by atoms with E-state index in [1.807, 2.05) is 0 Å². The van der Waals surface area contributed by atoms with Gasteiger partial charge < -0.3 is 10.2 Å². The van der Waals surface area contributed by atoms with E-state index in [0.717, 1.165) is 36.7 Å². The van der Waals surface area contributed by atoms with Crippen LogP contribution in [0.5, 0.6) is 0 Å². The molecule has 0 aliphatic heterocycles. The van der Waals surface area contributed by atoms with Crippen molar-refractivity contribution in [1.29, 1.82) is 0 Å². The van der Waals surface area contributed by atoms with Gasteiger partial charge in [0.05, 0.1) is 12.2 Å². The number of ketones is 1. The van der Waals surface area contributed by atoms with Crippen molar-refractivity contribution < 1.29 is 15.0 Å². The molecule has 186 valence electrons. The molecule has 0 amide bonds. The van der Waals surface area contributed by atoms with Crippen molar-refractivity contribution >= 4 is 5.78 Å².